The van der Waals surface area contributed by atoms with Crippen molar-refractivity contribution >= 4 is 11.8 Å². The minimum atomic E-state index is -2.61. The highest BCUT2D eigenvalue weighted by atomic mass is 32.2. The van der Waals surface area contributed by atoms with Crippen LogP contribution in [0.1, 0.15) is 34.1 Å². The molecule has 0 aliphatic rings. The van der Waals surface area contributed by atoms with Crippen molar-refractivity contribution in [3.05, 3.63) is 17.7 Å². The number of hydrogen-bond acceptors (Lipinski definition) is 4. The third-order valence-corrected chi connectivity index (χ3v) is 3.59. The van der Waals surface area contributed by atoms with Gasteiger partial charge >= 0.3 is 0 Å². The molecule has 4 heteroatoms. The predicted molar refractivity (Wildman–Crippen MR) is 77.9 cm³/mol. The van der Waals surface area contributed by atoms with E-state index in [4.69, 9.17) is 23.4 Å². The number of methoxy groups -OCH3 is 2. The van der Waals surface area contributed by atoms with Crippen LogP contribution in [0.2, 0.25) is 0 Å². The number of hydrogen-bond donors (Lipinski definition) is 1. The molecule has 0 aliphatic carbocycles. The Morgan fingerprint density at radius 3 is 2.67 bits per heavy atom. The summed E-state index contributed by atoms with van der Waals surface area (Å²) in [6.45, 7) is 3.75. The van der Waals surface area contributed by atoms with Gasteiger partial charge in [0, 0.05) is 6.04 Å². The first-order valence-electron chi connectivity index (χ1n) is 8.84. The standard InChI is InChI=1S/C14H23NO2S/c1-5-6-18-14-9-12(16-3)11(7-10(2)15)8-13(14)17-4/h8-10H,5-7,15H2,1-4H3/i3D3,4D3. The average molecular weight is 275 g/mol. The first-order chi connectivity index (χ1) is 10.9. The number of thioether (sulfide) groups is 1. The van der Waals surface area contributed by atoms with Crippen LogP contribution in [0.4, 0.5) is 0 Å². The maximum absolute atomic E-state index is 7.31. The van der Waals surface area contributed by atoms with Gasteiger partial charge in [-0.3, -0.25) is 0 Å². The Labute approximate surface area is 122 Å². The average Bonchev–Trinajstić information content (AvgIpc) is 2.36. The fourth-order valence-electron chi connectivity index (χ4n) is 1.59. The second-order valence-electron chi connectivity index (χ2n) is 4.14. The number of benzene rings is 1. The molecule has 102 valence electrons. The van der Waals surface area contributed by atoms with Gasteiger partial charge in [0.15, 0.2) is 0 Å². The summed E-state index contributed by atoms with van der Waals surface area (Å²) in [6, 6.07) is 2.78. The molecule has 1 unspecified atom stereocenters. The first kappa shape index (κ1) is 8.33. The summed E-state index contributed by atoms with van der Waals surface area (Å²) in [4.78, 5) is 0.528. The van der Waals surface area contributed by atoms with E-state index in [2.05, 4.69) is 0 Å². The lowest BCUT2D eigenvalue weighted by molar-refractivity contribution is 0.389. The molecular formula is C14H23NO2S. The zero-order valence-corrected chi connectivity index (χ0v) is 11.5. The van der Waals surface area contributed by atoms with Gasteiger partial charge in [-0.1, -0.05) is 6.92 Å². The SMILES string of the molecule is [2H]C([2H])([2H])Oc1cc(SCCC)c(OC([2H])([2H])[2H])cc1CC(C)N. The van der Waals surface area contributed by atoms with E-state index in [1.54, 1.807) is 6.92 Å². The second kappa shape index (κ2) is 7.54. The Bertz CT molecular complexity index is 545. The van der Waals surface area contributed by atoms with Crippen LogP contribution in [0.25, 0.3) is 0 Å². The van der Waals surface area contributed by atoms with Crippen molar-refractivity contribution in [3.63, 3.8) is 0 Å². The zero-order valence-electron chi connectivity index (χ0n) is 16.7. The van der Waals surface area contributed by atoms with Crippen LogP contribution in [0, 0.1) is 0 Å². The lowest BCUT2D eigenvalue weighted by Gasteiger charge is -2.15. The Morgan fingerprint density at radius 2 is 2.06 bits per heavy atom. The van der Waals surface area contributed by atoms with Gasteiger partial charge in [0.05, 0.1) is 27.2 Å². The molecule has 0 saturated heterocycles. The highest BCUT2D eigenvalue weighted by Crippen LogP contribution is 2.36. The summed E-state index contributed by atoms with van der Waals surface area (Å²) in [5, 5.41) is 0. The van der Waals surface area contributed by atoms with Crippen molar-refractivity contribution in [1.82, 2.24) is 0 Å². The summed E-state index contributed by atoms with van der Waals surface area (Å²) in [5.41, 5.74) is 6.30. The largest absolute Gasteiger partial charge is 0.496 e. The number of nitrogens with two attached hydrogens (primary N) is 1. The van der Waals surface area contributed by atoms with Crippen molar-refractivity contribution in [2.75, 3.05) is 19.8 Å². The molecule has 3 nitrogen and oxygen atoms in total. The van der Waals surface area contributed by atoms with Crippen LogP contribution in [0.5, 0.6) is 11.5 Å². The first-order valence-corrected chi connectivity index (χ1v) is 6.83. The fourth-order valence-corrected chi connectivity index (χ4v) is 2.45. The van der Waals surface area contributed by atoms with Gasteiger partial charge in [-0.05, 0) is 43.2 Å². The maximum Gasteiger partial charge on any atom is 0.132 e. The van der Waals surface area contributed by atoms with Crippen molar-refractivity contribution < 1.29 is 17.7 Å². The lowest BCUT2D eigenvalue weighted by atomic mass is 10.1. The highest BCUT2D eigenvalue weighted by molar-refractivity contribution is 7.99. The molecule has 1 aromatic rings. The zero-order chi connectivity index (χ0) is 18.5. The van der Waals surface area contributed by atoms with E-state index < -0.39 is 14.1 Å². The molecule has 1 rings (SSSR count). The van der Waals surface area contributed by atoms with E-state index in [9.17, 15) is 0 Å². The van der Waals surface area contributed by atoms with Crippen LogP contribution in [-0.2, 0) is 6.42 Å². The van der Waals surface area contributed by atoms with E-state index in [1.165, 1.54) is 23.9 Å². The molecule has 18 heavy (non-hydrogen) atoms. The molecule has 2 N–H and O–H groups in total. The topological polar surface area (TPSA) is 44.5 Å². The molecule has 1 atom stereocenters. The summed E-state index contributed by atoms with van der Waals surface area (Å²) < 4.78 is 54.0. The van der Waals surface area contributed by atoms with E-state index in [0.29, 0.717) is 16.9 Å². The van der Waals surface area contributed by atoms with Gasteiger partial charge in [-0.25, -0.2) is 0 Å². The maximum atomic E-state index is 7.31. The highest BCUT2D eigenvalue weighted by Gasteiger charge is 2.12. The molecule has 0 fully saturated rings. The van der Waals surface area contributed by atoms with Crippen LogP contribution in [0.15, 0.2) is 17.0 Å². The number of rotatable bonds is 7. The molecule has 0 aliphatic heterocycles. The Hall–Kier alpha value is -0.870. The summed E-state index contributed by atoms with van der Waals surface area (Å²) >= 11 is 1.39. The Morgan fingerprint density at radius 1 is 1.33 bits per heavy atom. The van der Waals surface area contributed by atoms with E-state index in [0.717, 1.165) is 12.2 Å². The van der Waals surface area contributed by atoms with E-state index in [1.807, 2.05) is 6.92 Å². The van der Waals surface area contributed by atoms with Gasteiger partial charge in [0.25, 0.3) is 0 Å². The van der Waals surface area contributed by atoms with Gasteiger partial charge in [0.1, 0.15) is 11.5 Å². The van der Waals surface area contributed by atoms with Crippen LogP contribution in [-0.4, -0.2) is 25.9 Å². The molecule has 1 aromatic carbocycles. The van der Waals surface area contributed by atoms with Crippen molar-refractivity contribution in [2.24, 2.45) is 5.73 Å². The quantitative estimate of drug-likeness (QED) is 0.777. The van der Waals surface area contributed by atoms with Gasteiger partial charge < -0.3 is 15.2 Å². The summed E-state index contributed by atoms with van der Waals surface area (Å²) in [6.07, 6.45) is 1.20. The summed E-state index contributed by atoms with van der Waals surface area (Å²) in [5.74, 6) is 1.09. The Balaban J connectivity index is 3.34. The monoisotopic (exact) mass is 275 g/mol. The normalized spacial score (nSPS) is 18.6. The molecule has 0 spiro atoms. The summed E-state index contributed by atoms with van der Waals surface area (Å²) in [7, 11) is -5.20. The molecule has 0 amide bonds. The second-order valence-corrected chi connectivity index (χ2v) is 5.28. The lowest BCUT2D eigenvalue weighted by Crippen LogP contribution is -2.18. The minimum Gasteiger partial charge on any atom is -0.496 e. The van der Waals surface area contributed by atoms with Crippen molar-refractivity contribution in [2.45, 2.75) is 37.6 Å². The molecule has 0 radical (unpaired) electrons. The van der Waals surface area contributed by atoms with Gasteiger partial charge in [-0.2, -0.15) is 0 Å². The third-order valence-electron chi connectivity index (χ3n) is 2.35. The minimum absolute atomic E-state index is 0.170. The van der Waals surface area contributed by atoms with Crippen LogP contribution < -0.4 is 15.2 Å². The Kier molecular flexibility index (Phi) is 3.49. The number of ether oxygens (including phenoxy) is 2. The van der Waals surface area contributed by atoms with Crippen molar-refractivity contribution in [3.8, 4) is 11.5 Å². The molecule has 0 heterocycles. The molecule has 0 aromatic heterocycles. The van der Waals surface area contributed by atoms with Crippen LogP contribution >= 0.6 is 11.8 Å². The van der Waals surface area contributed by atoms with E-state index >= 15 is 0 Å². The van der Waals surface area contributed by atoms with Gasteiger partial charge in [0.2, 0.25) is 0 Å². The smallest absolute Gasteiger partial charge is 0.132 e. The van der Waals surface area contributed by atoms with Crippen molar-refractivity contribution in [1.29, 1.82) is 0 Å². The third kappa shape index (κ3) is 4.10. The molecule has 0 bridgehead atoms. The molecular weight excluding hydrogens is 246 g/mol. The fraction of sp³-hybridized carbons (Fsp3) is 0.571. The molecule has 0 saturated carbocycles. The van der Waals surface area contributed by atoms with E-state index in [-0.39, 0.29) is 17.5 Å². The predicted octanol–water partition coefficient (Wildman–Crippen LogP) is 3.10. The van der Waals surface area contributed by atoms with Crippen LogP contribution in [0.3, 0.4) is 0 Å². The van der Waals surface area contributed by atoms with Gasteiger partial charge in [-0.15, -0.1) is 11.8 Å².